The summed E-state index contributed by atoms with van der Waals surface area (Å²) in [6, 6.07) is 6.79. The van der Waals surface area contributed by atoms with E-state index >= 15 is 0 Å². The van der Waals surface area contributed by atoms with Gasteiger partial charge in [0, 0.05) is 37.9 Å². The molecule has 0 atom stereocenters. The van der Waals surface area contributed by atoms with E-state index in [0.717, 1.165) is 0 Å². The third kappa shape index (κ3) is 5.36. The van der Waals surface area contributed by atoms with E-state index in [4.69, 9.17) is 21.1 Å². The Balaban J connectivity index is 1.58. The number of amides is 1. The molecule has 0 radical (unpaired) electrons. The van der Waals surface area contributed by atoms with Gasteiger partial charge in [0.25, 0.3) is 5.56 Å². The summed E-state index contributed by atoms with van der Waals surface area (Å²) in [4.78, 5) is 42.0. The Morgan fingerprint density at radius 3 is 2.61 bits per heavy atom. The first-order valence-electron chi connectivity index (χ1n) is 10.9. The molecule has 1 amide bonds. The summed E-state index contributed by atoms with van der Waals surface area (Å²) in [5.74, 6) is 1.21. The second kappa shape index (κ2) is 9.78. The quantitative estimate of drug-likeness (QED) is 0.395. The molecule has 0 fully saturated rings. The van der Waals surface area contributed by atoms with Gasteiger partial charge in [-0.15, -0.1) is 0 Å². The number of ether oxygens (including phenoxy) is 2. The first-order valence-corrected chi connectivity index (χ1v) is 11.3. The Bertz CT molecular complexity index is 1520. The van der Waals surface area contributed by atoms with Crippen molar-refractivity contribution in [1.29, 1.82) is 0 Å². The van der Waals surface area contributed by atoms with E-state index in [2.05, 4.69) is 30.6 Å². The number of aromatic nitrogens is 5. The molecular formula is C24H24ClN7O4. The highest BCUT2D eigenvalue weighted by molar-refractivity contribution is 6.34. The van der Waals surface area contributed by atoms with Crippen molar-refractivity contribution in [2.75, 3.05) is 17.7 Å². The highest BCUT2D eigenvalue weighted by atomic mass is 35.5. The van der Waals surface area contributed by atoms with E-state index in [0.29, 0.717) is 34.0 Å². The van der Waals surface area contributed by atoms with Gasteiger partial charge in [-0.25, -0.2) is 24.7 Å². The largest absolute Gasteiger partial charge is 0.454 e. The molecule has 4 aromatic heterocycles. The van der Waals surface area contributed by atoms with Gasteiger partial charge >= 0.3 is 6.09 Å². The number of rotatable bonds is 5. The van der Waals surface area contributed by atoms with Gasteiger partial charge in [0.15, 0.2) is 17.2 Å². The van der Waals surface area contributed by atoms with Crippen LogP contribution >= 0.6 is 11.6 Å². The summed E-state index contributed by atoms with van der Waals surface area (Å²) in [5.41, 5.74) is 0.329. The monoisotopic (exact) mass is 509 g/mol. The third-order valence-electron chi connectivity index (χ3n) is 4.89. The Morgan fingerprint density at radius 2 is 1.89 bits per heavy atom. The molecule has 4 aromatic rings. The van der Waals surface area contributed by atoms with Crippen molar-refractivity contribution < 1.29 is 14.3 Å². The topological polar surface area (TPSA) is 133 Å². The van der Waals surface area contributed by atoms with Gasteiger partial charge in [0.1, 0.15) is 16.4 Å². The third-order valence-corrected chi connectivity index (χ3v) is 5.25. The molecule has 0 saturated heterocycles. The lowest BCUT2D eigenvalue weighted by Gasteiger charge is -2.19. The van der Waals surface area contributed by atoms with Gasteiger partial charge in [-0.2, -0.15) is 0 Å². The van der Waals surface area contributed by atoms with Crippen molar-refractivity contribution in [1.82, 2.24) is 24.5 Å². The summed E-state index contributed by atoms with van der Waals surface area (Å²) in [5, 5.41) is 6.16. The van der Waals surface area contributed by atoms with Crippen LogP contribution in [0.5, 0.6) is 11.5 Å². The number of carbonyl (C=O) groups excluding carboxylic acids is 1. The number of fused-ring (bicyclic) bond motifs is 1. The SMILES string of the molecule is CNc1ncc(-c2ccc3cc(Oc4ccnc(NC(=O)OC(C)(C)C)c4Cl)cnc3n2)c(=O)n1C. The maximum atomic E-state index is 12.7. The van der Waals surface area contributed by atoms with E-state index in [9.17, 15) is 9.59 Å². The number of halogens is 1. The summed E-state index contributed by atoms with van der Waals surface area (Å²) in [7, 11) is 3.32. The Morgan fingerprint density at radius 1 is 1.11 bits per heavy atom. The minimum atomic E-state index is -0.686. The number of nitrogens with zero attached hydrogens (tertiary/aromatic N) is 5. The normalized spacial score (nSPS) is 11.3. The highest BCUT2D eigenvalue weighted by Crippen LogP contribution is 2.34. The minimum Gasteiger partial charge on any atom is -0.454 e. The van der Waals surface area contributed by atoms with E-state index in [-0.39, 0.29) is 22.1 Å². The molecule has 0 spiro atoms. The minimum absolute atomic E-state index is 0.1000. The standard InChI is InChI=1S/C24H24ClN7O4/c1-24(2,3)36-23(34)31-20-18(25)17(8-9-27-20)35-14-10-13-6-7-16(30-19(13)28-11-14)15-12-29-22(26-4)32(5)21(15)33/h6-12H,1-5H3,(H,26,29)(H,27,31,34). The fraction of sp³-hybridized carbons (Fsp3) is 0.250. The molecular weight excluding hydrogens is 486 g/mol. The smallest absolute Gasteiger partial charge is 0.413 e. The fourth-order valence-corrected chi connectivity index (χ4v) is 3.47. The van der Waals surface area contributed by atoms with Crippen LogP contribution in [0.4, 0.5) is 16.6 Å². The van der Waals surface area contributed by atoms with E-state index in [1.54, 1.807) is 59.1 Å². The van der Waals surface area contributed by atoms with Gasteiger partial charge in [-0.1, -0.05) is 11.6 Å². The lowest BCUT2D eigenvalue weighted by atomic mass is 10.2. The van der Waals surface area contributed by atoms with Gasteiger partial charge < -0.3 is 14.8 Å². The van der Waals surface area contributed by atoms with Crippen molar-refractivity contribution in [2.45, 2.75) is 26.4 Å². The molecule has 12 heteroatoms. The van der Waals surface area contributed by atoms with Crippen LogP contribution in [0.15, 0.2) is 47.7 Å². The predicted molar refractivity (Wildman–Crippen MR) is 137 cm³/mol. The van der Waals surface area contributed by atoms with Crippen LogP contribution in [0, 0.1) is 0 Å². The molecule has 4 rings (SSSR count). The molecule has 2 N–H and O–H groups in total. The average Bonchev–Trinajstić information content (AvgIpc) is 2.82. The lowest BCUT2D eigenvalue weighted by Crippen LogP contribution is -2.27. The zero-order valence-electron chi connectivity index (χ0n) is 20.3. The molecule has 0 saturated carbocycles. The Kier molecular flexibility index (Phi) is 6.75. The zero-order valence-corrected chi connectivity index (χ0v) is 21.0. The van der Waals surface area contributed by atoms with Crippen molar-refractivity contribution in [3.8, 4) is 22.8 Å². The maximum Gasteiger partial charge on any atom is 0.413 e. The molecule has 4 heterocycles. The van der Waals surface area contributed by atoms with Gasteiger partial charge in [-0.3, -0.25) is 14.7 Å². The van der Waals surface area contributed by atoms with Crippen LogP contribution in [0.25, 0.3) is 22.3 Å². The molecule has 0 unspecified atom stereocenters. The van der Waals surface area contributed by atoms with Gasteiger partial charge in [0.05, 0.1) is 17.5 Å². The van der Waals surface area contributed by atoms with Crippen LogP contribution in [-0.4, -0.2) is 43.2 Å². The predicted octanol–water partition coefficient (Wildman–Crippen LogP) is 4.62. The summed E-state index contributed by atoms with van der Waals surface area (Å²) < 4.78 is 12.5. The van der Waals surface area contributed by atoms with Crippen molar-refractivity contribution >= 4 is 40.5 Å². The fourth-order valence-electron chi connectivity index (χ4n) is 3.27. The first-order chi connectivity index (χ1) is 17.1. The average molecular weight is 510 g/mol. The number of carbonyl (C=O) groups is 1. The summed E-state index contributed by atoms with van der Waals surface area (Å²) in [6.07, 6.45) is 3.73. The van der Waals surface area contributed by atoms with Crippen molar-refractivity contribution in [3.63, 3.8) is 0 Å². The lowest BCUT2D eigenvalue weighted by molar-refractivity contribution is 0.0635. The molecule has 0 aliphatic heterocycles. The van der Waals surface area contributed by atoms with Crippen LogP contribution in [-0.2, 0) is 11.8 Å². The summed E-state index contributed by atoms with van der Waals surface area (Å²) in [6.45, 7) is 5.26. The second-order valence-corrected chi connectivity index (χ2v) is 9.10. The number of nitrogens with one attached hydrogen (secondary N) is 2. The van der Waals surface area contributed by atoms with Gasteiger partial charge in [-0.05, 0) is 39.0 Å². The van der Waals surface area contributed by atoms with Crippen LogP contribution < -0.4 is 20.9 Å². The van der Waals surface area contributed by atoms with Crippen molar-refractivity contribution in [3.05, 3.63) is 58.2 Å². The van der Waals surface area contributed by atoms with Crippen LogP contribution in [0.3, 0.4) is 0 Å². The van der Waals surface area contributed by atoms with Gasteiger partial charge in [0.2, 0.25) is 5.95 Å². The maximum absolute atomic E-state index is 12.7. The number of hydrogen-bond acceptors (Lipinski definition) is 9. The van der Waals surface area contributed by atoms with Crippen molar-refractivity contribution in [2.24, 2.45) is 7.05 Å². The number of pyridine rings is 3. The second-order valence-electron chi connectivity index (χ2n) is 8.72. The molecule has 0 aliphatic carbocycles. The first kappa shape index (κ1) is 24.9. The van der Waals surface area contributed by atoms with E-state index < -0.39 is 11.7 Å². The van der Waals surface area contributed by atoms with E-state index in [1.165, 1.54) is 23.2 Å². The Labute approximate surface area is 211 Å². The molecule has 0 aromatic carbocycles. The molecule has 0 aliphatic rings. The zero-order chi connectivity index (χ0) is 26.0. The number of anilines is 2. The molecule has 11 nitrogen and oxygen atoms in total. The Hall–Kier alpha value is -4.25. The highest BCUT2D eigenvalue weighted by Gasteiger charge is 2.19. The van der Waals surface area contributed by atoms with E-state index in [1.807, 2.05) is 0 Å². The molecule has 186 valence electrons. The van der Waals surface area contributed by atoms with Crippen LogP contribution in [0.1, 0.15) is 20.8 Å². The summed E-state index contributed by atoms with van der Waals surface area (Å²) >= 11 is 6.40. The van der Waals surface area contributed by atoms with Crippen LogP contribution in [0.2, 0.25) is 5.02 Å². The molecule has 0 bridgehead atoms. The number of hydrogen-bond donors (Lipinski definition) is 2. The molecule has 36 heavy (non-hydrogen) atoms.